The molecule has 0 radical (unpaired) electrons. The topological polar surface area (TPSA) is 136 Å². The van der Waals surface area contributed by atoms with Gasteiger partial charge in [0.25, 0.3) is 17.5 Å². The summed E-state index contributed by atoms with van der Waals surface area (Å²) < 4.78 is 6.90. The molecule has 12 heteroatoms. The number of hydrogen-bond acceptors (Lipinski definition) is 7. The van der Waals surface area contributed by atoms with Crippen LogP contribution in [0.15, 0.2) is 82.9 Å². The molecule has 3 aromatic carbocycles. The fourth-order valence-corrected chi connectivity index (χ4v) is 4.11. The molecule has 0 aromatic heterocycles. The first-order valence-corrected chi connectivity index (χ1v) is 12.6. The highest BCUT2D eigenvalue weighted by Crippen LogP contribution is 2.28. The fourth-order valence-electron chi connectivity index (χ4n) is 3.38. The Morgan fingerprint density at radius 3 is 2.37 bits per heavy atom. The third-order valence-corrected chi connectivity index (χ3v) is 6.40. The van der Waals surface area contributed by atoms with Gasteiger partial charge in [-0.15, -0.1) is 0 Å². The molecule has 10 nitrogen and oxygen atoms in total. The predicted octanol–water partition coefficient (Wildman–Crippen LogP) is 5.25. The molecule has 1 aliphatic rings. The predicted molar refractivity (Wildman–Crippen MR) is 150 cm³/mol. The maximum atomic E-state index is 13.2. The second-order valence-corrected chi connectivity index (χ2v) is 9.88. The van der Waals surface area contributed by atoms with Crippen molar-refractivity contribution in [2.75, 3.05) is 4.90 Å². The van der Waals surface area contributed by atoms with E-state index in [-0.39, 0.29) is 28.3 Å². The van der Waals surface area contributed by atoms with Crippen LogP contribution in [0.2, 0.25) is 0 Å². The molecule has 0 bridgehead atoms. The molecule has 190 valence electrons. The summed E-state index contributed by atoms with van der Waals surface area (Å²) >= 11 is 5.40. The molecule has 3 aromatic rings. The van der Waals surface area contributed by atoms with Gasteiger partial charge in [-0.05, 0) is 94.9 Å². The minimum Gasteiger partial charge on any atom is -0.423 e. The number of carbonyl (C=O) groups is 4. The summed E-state index contributed by atoms with van der Waals surface area (Å²) in [6.45, 7) is 0. The van der Waals surface area contributed by atoms with Gasteiger partial charge in [-0.2, -0.15) is 0 Å². The number of barbiturate groups is 1. The van der Waals surface area contributed by atoms with Gasteiger partial charge in [0.05, 0.1) is 10.6 Å². The summed E-state index contributed by atoms with van der Waals surface area (Å²) in [4.78, 5) is 61.8. The van der Waals surface area contributed by atoms with Crippen molar-refractivity contribution in [1.82, 2.24) is 5.32 Å². The Kier molecular flexibility index (Phi) is 8.12. The largest absolute Gasteiger partial charge is 0.423 e. The quantitative estimate of drug-likeness (QED) is 0.0712. The van der Waals surface area contributed by atoms with Crippen LogP contribution in [0.4, 0.5) is 16.2 Å². The number of ether oxygens (including phenoxy) is 1. The zero-order valence-electron chi connectivity index (χ0n) is 19.1. The molecular formula is C26H15BrIN3O7. The van der Waals surface area contributed by atoms with Crippen LogP contribution < -0.4 is 15.0 Å². The van der Waals surface area contributed by atoms with Crippen molar-refractivity contribution in [3.05, 3.63) is 108 Å². The molecule has 0 unspecified atom stereocenters. The highest BCUT2D eigenvalue weighted by Gasteiger charge is 2.37. The van der Waals surface area contributed by atoms with E-state index in [2.05, 4.69) is 43.8 Å². The standard InChI is InChI=1S/C26H15BrIN3O7/c27-17-4-11-22(38-23(32)12-3-15-1-7-20(8-2-15)31(36)37)16(13-17)14-21-24(33)29-26(35)30(25(21)34)19-9-5-18(28)6-10-19/h1-14H,(H,29,33,35)/b12-3+,21-14-. The molecule has 38 heavy (non-hydrogen) atoms. The van der Waals surface area contributed by atoms with Gasteiger partial charge in [0.1, 0.15) is 11.3 Å². The molecule has 1 aliphatic heterocycles. The summed E-state index contributed by atoms with van der Waals surface area (Å²) in [5.41, 5.74) is 0.631. The lowest BCUT2D eigenvalue weighted by Gasteiger charge is -2.26. The smallest absolute Gasteiger partial charge is 0.336 e. The van der Waals surface area contributed by atoms with Crippen LogP contribution in [-0.2, 0) is 14.4 Å². The number of anilines is 1. The van der Waals surface area contributed by atoms with Gasteiger partial charge in [-0.3, -0.25) is 25.0 Å². The number of carbonyl (C=O) groups excluding carboxylic acids is 4. The van der Waals surface area contributed by atoms with Crippen molar-refractivity contribution in [3.63, 3.8) is 0 Å². The van der Waals surface area contributed by atoms with Gasteiger partial charge in [-0.1, -0.05) is 15.9 Å². The van der Waals surface area contributed by atoms with Crippen LogP contribution in [0.5, 0.6) is 5.75 Å². The molecule has 1 fully saturated rings. The molecule has 0 spiro atoms. The number of non-ortho nitro benzene ring substituents is 1. The second-order valence-electron chi connectivity index (χ2n) is 7.72. The van der Waals surface area contributed by atoms with E-state index >= 15 is 0 Å². The van der Waals surface area contributed by atoms with Crippen molar-refractivity contribution >= 4 is 85.9 Å². The molecule has 4 amide bonds. The fraction of sp³-hybridized carbons (Fsp3) is 0. The summed E-state index contributed by atoms with van der Waals surface area (Å²) in [6.07, 6.45) is 3.79. The maximum absolute atomic E-state index is 13.2. The van der Waals surface area contributed by atoms with Gasteiger partial charge in [0, 0.05) is 31.8 Å². The van der Waals surface area contributed by atoms with E-state index < -0.39 is 28.7 Å². The number of hydrogen-bond donors (Lipinski definition) is 1. The molecule has 4 rings (SSSR count). The van der Waals surface area contributed by atoms with Crippen molar-refractivity contribution in [2.45, 2.75) is 0 Å². The van der Waals surface area contributed by atoms with Gasteiger partial charge in [0.15, 0.2) is 0 Å². The molecule has 0 aliphatic carbocycles. The molecule has 1 N–H and O–H groups in total. The number of urea groups is 1. The van der Waals surface area contributed by atoms with Crippen LogP contribution >= 0.6 is 38.5 Å². The number of halogens is 2. The van der Waals surface area contributed by atoms with E-state index in [0.717, 1.165) is 14.5 Å². The van der Waals surface area contributed by atoms with Crippen LogP contribution in [0.1, 0.15) is 11.1 Å². The van der Waals surface area contributed by atoms with E-state index in [1.54, 1.807) is 36.4 Å². The summed E-state index contributed by atoms with van der Waals surface area (Å²) in [7, 11) is 0. The number of nitro benzene ring substituents is 1. The molecule has 1 saturated heterocycles. The lowest BCUT2D eigenvalue weighted by Crippen LogP contribution is -2.54. The van der Waals surface area contributed by atoms with Crippen molar-refractivity contribution in [1.29, 1.82) is 0 Å². The zero-order chi connectivity index (χ0) is 27.4. The first kappa shape index (κ1) is 26.9. The highest BCUT2D eigenvalue weighted by molar-refractivity contribution is 14.1. The van der Waals surface area contributed by atoms with Gasteiger partial charge in [-0.25, -0.2) is 14.5 Å². The number of imide groups is 2. The number of rotatable bonds is 6. The molecule has 0 atom stereocenters. The monoisotopic (exact) mass is 687 g/mol. The first-order valence-electron chi connectivity index (χ1n) is 10.7. The second kappa shape index (κ2) is 11.5. The van der Waals surface area contributed by atoms with Gasteiger partial charge < -0.3 is 4.74 Å². The third kappa shape index (κ3) is 6.20. The number of amides is 4. The van der Waals surface area contributed by atoms with Crippen LogP contribution in [0, 0.1) is 13.7 Å². The molecule has 1 heterocycles. The maximum Gasteiger partial charge on any atom is 0.336 e. The van der Waals surface area contributed by atoms with Crippen LogP contribution in [0.3, 0.4) is 0 Å². The van der Waals surface area contributed by atoms with Crippen molar-refractivity contribution in [2.24, 2.45) is 0 Å². The van der Waals surface area contributed by atoms with Gasteiger partial charge >= 0.3 is 12.0 Å². The van der Waals surface area contributed by atoms with E-state index in [0.29, 0.717) is 10.0 Å². The number of nitrogens with zero attached hydrogens (tertiary/aromatic N) is 2. The first-order chi connectivity index (χ1) is 18.1. The van der Waals surface area contributed by atoms with E-state index in [1.807, 2.05) is 0 Å². The number of esters is 1. The molecule has 0 saturated carbocycles. The normalized spacial score (nSPS) is 14.6. The number of nitro groups is 1. The van der Waals surface area contributed by atoms with Crippen LogP contribution in [-0.4, -0.2) is 28.7 Å². The van der Waals surface area contributed by atoms with E-state index in [9.17, 15) is 29.3 Å². The highest BCUT2D eigenvalue weighted by atomic mass is 127. The minimum absolute atomic E-state index is 0.0531. The van der Waals surface area contributed by atoms with Crippen molar-refractivity contribution in [3.8, 4) is 5.75 Å². The van der Waals surface area contributed by atoms with Crippen molar-refractivity contribution < 1.29 is 28.8 Å². The lowest BCUT2D eigenvalue weighted by molar-refractivity contribution is -0.384. The zero-order valence-corrected chi connectivity index (χ0v) is 22.8. The van der Waals surface area contributed by atoms with E-state index in [4.69, 9.17) is 4.74 Å². The Hall–Kier alpha value is -4.17. The molecular weight excluding hydrogens is 673 g/mol. The Morgan fingerprint density at radius 2 is 1.71 bits per heavy atom. The summed E-state index contributed by atoms with van der Waals surface area (Å²) in [5.74, 6) is -2.44. The summed E-state index contributed by atoms with van der Waals surface area (Å²) in [5, 5.41) is 12.9. The Bertz CT molecular complexity index is 1530. The average Bonchev–Trinajstić information content (AvgIpc) is 2.88. The number of benzene rings is 3. The Balaban J connectivity index is 1.60. The number of nitrogens with one attached hydrogen (secondary N) is 1. The summed E-state index contributed by atoms with van der Waals surface area (Å²) in [6, 6.07) is 15.9. The van der Waals surface area contributed by atoms with E-state index in [1.165, 1.54) is 42.5 Å². The SMILES string of the molecule is O=C(/C=C/c1ccc([N+](=O)[O-])cc1)Oc1ccc(Br)cc1/C=C1/C(=O)NC(=O)N(c2ccc(I)cc2)C1=O. The minimum atomic E-state index is -0.892. The average molecular weight is 688 g/mol. The Labute approximate surface area is 237 Å². The third-order valence-electron chi connectivity index (χ3n) is 5.18. The van der Waals surface area contributed by atoms with Crippen LogP contribution in [0.25, 0.3) is 12.2 Å². The van der Waals surface area contributed by atoms with Gasteiger partial charge in [0.2, 0.25) is 0 Å². The Morgan fingerprint density at radius 1 is 1.03 bits per heavy atom. The lowest BCUT2D eigenvalue weighted by atomic mass is 10.1.